The van der Waals surface area contributed by atoms with Crippen LogP contribution in [0.25, 0.3) is 0 Å². The van der Waals surface area contributed by atoms with Crippen LogP contribution in [0.4, 0.5) is 5.69 Å². The molecule has 0 bridgehead atoms. The van der Waals surface area contributed by atoms with Gasteiger partial charge in [0.15, 0.2) is 0 Å². The smallest absolute Gasteiger partial charge is 0.253 e. The average molecular weight is 270 g/mol. The molecule has 0 saturated heterocycles. The third-order valence-corrected chi connectivity index (χ3v) is 3.06. The van der Waals surface area contributed by atoms with Crippen LogP contribution in [0, 0.1) is 0 Å². The van der Waals surface area contributed by atoms with Crippen LogP contribution in [-0.4, -0.2) is 25.0 Å². The molecule has 0 atom stereocenters. The van der Waals surface area contributed by atoms with Crippen LogP contribution in [0.5, 0.6) is 5.75 Å². The fraction of sp³-hybridized carbons (Fsp3) is 0.188. The summed E-state index contributed by atoms with van der Waals surface area (Å²) in [5, 5.41) is 0. The summed E-state index contributed by atoms with van der Waals surface area (Å²) in [6, 6.07) is 14.6. The second-order valence-corrected chi connectivity index (χ2v) is 4.63. The lowest BCUT2D eigenvalue weighted by molar-refractivity contribution is 0.0785. The first-order valence-corrected chi connectivity index (χ1v) is 6.34. The maximum absolute atomic E-state index is 12.3. The van der Waals surface area contributed by atoms with Gasteiger partial charge in [0, 0.05) is 24.8 Å². The van der Waals surface area contributed by atoms with Crippen LogP contribution in [0.3, 0.4) is 0 Å². The summed E-state index contributed by atoms with van der Waals surface area (Å²) in [6.45, 7) is 0.528. The highest BCUT2D eigenvalue weighted by atomic mass is 16.5. The van der Waals surface area contributed by atoms with Crippen LogP contribution in [0.1, 0.15) is 15.9 Å². The van der Waals surface area contributed by atoms with Gasteiger partial charge in [-0.25, -0.2) is 0 Å². The highest BCUT2D eigenvalue weighted by Gasteiger charge is 2.12. The molecule has 0 saturated carbocycles. The normalized spacial score (nSPS) is 10.1. The van der Waals surface area contributed by atoms with Gasteiger partial charge in [-0.2, -0.15) is 0 Å². The van der Waals surface area contributed by atoms with Crippen molar-refractivity contribution in [1.82, 2.24) is 4.90 Å². The number of carbonyl (C=O) groups is 1. The van der Waals surface area contributed by atoms with E-state index in [4.69, 9.17) is 10.5 Å². The Kier molecular flexibility index (Phi) is 4.25. The van der Waals surface area contributed by atoms with Gasteiger partial charge in [0.25, 0.3) is 5.91 Å². The van der Waals surface area contributed by atoms with Crippen molar-refractivity contribution in [3.05, 3.63) is 59.7 Å². The lowest BCUT2D eigenvalue weighted by Gasteiger charge is -2.17. The Balaban J connectivity index is 2.09. The number of hydrogen-bond acceptors (Lipinski definition) is 3. The molecule has 2 aromatic carbocycles. The molecule has 20 heavy (non-hydrogen) atoms. The quantitative estimate of drug-likeness (QED) is 0.869. The molecular weight excluding hydrogens is 252 g/mol. The summed E-state index contributed by atoms with van der Waals surface area (Å²) in [6.07, 6.45) is 0. The molecule has 0 aliphatic rings. The number of carbonyl (C=O) groups excluding carboxylic acids is 1. The van der Waals surface area contributed by atoms with Crippen molar-refractivity contribution in [2.24, 2.45) is 0 Å². The first kappa shape index (κ1) is 13.9. The predicted octanol–water partition coefficient (Wildman–Crippen LogP) is 2.55. The predicted molar refractivity (Wildman–Crippen MR) is 79.6 cm³/mol. The molecule has 0 unspecified atom stereocenters. The molecule has 0 aliphatic heterocycles. The van der Waals surface area contributed by atoms with Crippen LogP contribution in [0.2, 0.25) is 0 Å². The lowest BCUT2D eigenvalue weighted by Crippen LogP contribution is -2.26. The SMILES string of the molecule is COc1cccc(CN(C)C(=O)c2ccc(N)cc2)c1. The monoisotopic (exact) mass is 270 g/mol. The second-order valence-electron chi connectivity index (χ2n) is 4.63. The van der Waals surface area contributed by atoms with Gasteiger partial charge in [0.05, 0.1) is 7.11 Å². The summed E-state index contributed by atoms with van der Waals surface area (Å²) in [4.78, 5) is 13.9. The van der Waals surface area contributed by atoms with Crippen molar-refractivity contribution in [2.45, 2.75) is 6.54 Å². The summed E-state index contributed by atoms with van der Waals surface area (Å²) < 4.78 is 5.18. The largest absolute Gasteiger partial charge is 0.497 e. The molecule has 0 spiro atoms. The maximum atomic E-state index is 12.3. The van der Waals surface area contributed by atoms with Gasteiger partial charge in [-0.15, -0.1) is 0 Å². The molecule has 0 fully saturated rings. The molecule has 4 heteroatoms. The highest BCUT2D eigenvalue weighted by molar-refractivity contribution is 5.94. The van der Waals surface area contributed by atoms with Crippen molar-refractivity contribution in [3.8, 4) is 5.75 Å². The van der Waals surface area contributed by atoms with E-state index in [0.29, 0.717) is 17.8 Å². The van der Waals surface area contributed by atoms with E-state index in [2.05, 4.69) is 0 Å². The molecule has 2 rings (SSSR count). The van der Waals surface area contributed by atoms with Gasteiger partial charge >= 0.3 is 0 Å². The first-order chi connectivity index (χ1) is 9.60. The van der Waals surface area contributed by atoms with Crippen LogP contribution in [0.15, 0.2) is 48.5 Å². The number of nitrogens with two attached hydrogens (primary N) is 1. The van der Waals surface area contributed by atoms with E-state index < -0.39 is 0 Å². The Hall–Kier alpha value is -2.49. The zero-order valence-electron chi connectivity index (χ0n) is 11.7. The molecule has 0 aromatic heterocycles. The molecule has 2 aromatic rings. The van der Waals surface area contributed by atoms with Crippen molar-refractivity contribution in [3.63, 3.8) is 0 Å². The van der Waals surface area contributed by atoms with Crippen LogP contribution in [-0.2, 0) is 6.54 Å². The number of nitrogens with zero attached hydrogens (tertiary/aromatic N) is 1. The molecule has 0 radical (unpaired) electrons. The Morgan fingerprint density at radius 1 is 1.20 bits per heavy atom. The third kappa shape index (κ3) is 3.29. The van der Waals surface area contributed by atoms with Gasteiger partial charge in [0.2, 0.25) is 0 Å². The molecule has 0 heterocycles. The van der Waals surface area contributed by atoms with Crippen molar-refractivity contribution >= 4 is 11.6 Å². The van der Waals surface area contributed by atoms with Crippen molar-refractivity contribution in [1.29, 1.82) is 0 Å². The van der Waals surface area contributed by atoms with E-state index in [0.717, 1.165) is 11.3 Å². The number of hydrogen-bond donors (Lipinski definition) is 1. The summed E-state index contributed by atoms with van der Waals surface area (Å²) in [7, 11) is 3.40. The van der Waals surface area contributed by atoms with Crippen molar-refractivity contribution in [2.75, 3.05) is 19.9 Å². The second kappa shape index (κ2) is 6.10. The number of ether oxygens (including phenoxy) is 1. The number of benzene rings is 2. The lowest BCUT2D eigenvalue weighted by atomic mass is 10.1. The first-order valence-electron chi connectivity index (χ1n) is 6.34. The molecule has 2 N–H and O–H groups in total. The van der Waals surface area contributed by atoms with Gasteiger partial charge in [0.1, 0.15) is 5.75 Å². The molecule has 4 nitrogen and oxygen atoms in total. The van der Waals surface area contributed by atoms with E-state index in [9.17, 15) is 4.79 Å². The number of nitrogen functional groups attached to an aromatic ring is 1. The van der Waals surface area contributed by atoms with Crippen LogP contribution < -0.4 is 10.5 Å². The Bertz CT molecular complexity index is 594. The minimum Gasteiger partial charge on any atom is -0.497 e. The standard InChI is InChI=1S/C16H18N2O2/c1-18(11-12-4-3-5-15(10-12)20-2)16(19)13-6-8-14(17)9-7-13/h3-10H,11,17H2,1-2H3. The molecule has 1 amide bonds. The number of methoxy groups -OCH3 is 1. The number of amides is 1. The van der Waals surface area contributed by atoms with E-state index in [1.807, 2.05) is 24.3 Å². The van der Waals surface area contributed by atoms with Gasteiger partial charge < -0.3 is 15.4 Å². The highest BCUT2D eigenvalue weighted by Crippen LogP contribution is 2.15. The minimum absolute atomic E-state index is 0.0344. The van der Waals surface area contributed by atoms with E-state index in [1.54, 1.807) is 43.3 Å². The third-order valence-electron chi connectivity index (χ3n) is 3.06. The summed E-state index contributed by atoms with van der Waals surface area (Å²) in [5.74, 6) is 0.753. The van der Waals surface area contributed by atoms with E-state index >= 15 is 0 Å². The van der Waals surface area contributed by atoms with Crippen LogP contribution >= 0.6 is 0 Å². The number of rotatable bonds is 4. The van der Waals surface area contributed by atoms with Gasteiger partial charge in [-0.3, -0.25) is 4.79 Å². The van der Waals surface area contributed by atoms with Gasteiger partial charge in [-0.1, -0.05) is 12.1 Å². The fourth-order valence-corrected chi connectivity index (χ4v) is 1.96. The Labute approximate surface area is 118 Å². The zero-order valence-corrected chi connectivity index (χ0v) is 11.7. The van der Waals surface area contributed by atoms with Gasteiger partial charge in [-0.05, 0) is 42.0 Å². The molecular formula is C16H18N2O2. The molecule has 104 valence electrons. The Morgan fingerprint density at radius 2 is 1.90 bits per heavy atom. The van der Waals surface area contributed by atoms with Crippen molar-refractivity contribution < 1.29 is 9.53 Å². The fourth-order valence-electron chi connectivity index (χ4n) is 1.96. The average Bonchev–Trinajstić information content (AvgIpc) is 2.47. The summed E-state index contributed by atoms with van der Waals surface area (Å²) >= 11 is 0. The number of anilines is 1. The Morgan fingerprint density at radius 3 is 2.55 bits per heavy atom. The van der Waals surface area contributed by atoms with E-state index in [-0.39, 0.29) is 5.91 Å². The zero-order chi connectivity index (χ0) is 14.5. The minimum atomic E-state index is -0.0344. The topological polar surface area (TPSA) is 55.6 Å². The molecule has 0 aliphatic carbocycles. The van der Waals surface area contributed by atoms with E-state index in [1.165, 1.54) is 0 Å². The maximum Gasteiger partial charge on any atom is 0.253 e. The summed E-state index contributed by atoms with van der Waals surface area (Å²) in [5.41, 5.74) is 7.92.